The van der Waals surface area contributed by atoms with Crippen molar-refractivity contribution in [1.82, 2.24) is 0 Å². The fourth-order valence-corrected chi connectivity index (χ4v) is 7.29. The molecule has 1 aromatic rings. The Balaban J connectivity index is 2.08. The summed E-state index contributed by atoms with van der Waals surface area (Å²) in [4.78, 5) is 0.252. The highest BCUT2D eigenvalue weighted by Crippen LogP contribution is 2.23. The zero-order chi connectivity index (χ0) is 21.6. The van der Waals surface area contributed by atoms with Gasteiger partial charge in [-0.15, -0.1) is 0 Å². The first-order chi connectivity index (χ1) is 13.8. The topological polar surface area (TPSA) is 43.4 Å². The minimum atomic E-state index is -3.61. The van der Waals surface area contributed by atoms with Crippen molar-refractivity contribution in [1.29, 1.82) is 0 Å². The van der Waals surface area contributed by atoms with Crippen LogP contribution in [0.5, 0.6) is 0 Å². The predicted octanol–water partition coefficient (Wildman–Crippen LogP) is 7.72. The highest BCUT2D eigenvalue weighted by molar-refractivity contribution is 7.86. The van der Waals surface area contributed by atoms with E-state index in [0.717, 1.165) is 18.4 Å². The molecule has 0 heterocycles. The molecule has 0 unspecified atom stereocenters. The van der Waals surface area contributed by atoms with Crippen molar-refractivity contribution in [2.24, 2.45) is 0 Å². The van der Waals surface area contributed by atoms with Crippen LogP contribution in [0.15, 0.2) is 29.2 Å². The number of rotatable bonds is 17. The average Bonchev–Trinajstić information content (AvgIpc) is 2.67. The third kappa shape index (κ3) is 12.6. The van der Waals surface area contributed by atoms with Crippen molar-refractivity contribution in [2.45, 2.75) is 115 Å². The van der Waals surface area contributed by atoms with Gasteiger partial charge in [-0.05, 0) is 25.5 Å². The fourth-order valence-electron chi connectivity index (χ4n) is 3.69. The molecule has 0 aliphatic heterocycles. The molecule has 1 aromatic carbocycles. The van der Waals surface area contributed by atoms with E-state index in [1.165, 1.54) is 69.9 Å². The van der Waals surface area contributed by atoms with Crippen molar-refractivity contribution in [2.75, 3.05) is 6.61 Å². The molecule has 0 atom stereocenters. The Hall–Kier alpha value is -0.653. The molecule has 5 heteroatoms. The van der Waals surface area contributed by atoms with Crippen LogP contribution in [0.2, 0.25) is 25.2 Å². The van der Waals surface area contributed by atoms with Crippen LogP contribution in [-0.2, 0) is 14.3 Å². The molecule has 0 saturated heterocycles. The first-order valence-corrected chi connectivity index (χ1v) is 16.6. The summed E-state index contributed by atoms with van der Waals surface area (Å²) in [6.45, 7) is 9.51. The fraction of sp³-hybridized carbons (Fsp3) is 0.750. The van der Waals surface area contributed by atoms with Gasteiger partial charge >= 0.3 is 0 Å². The largest absolute Gasteiger partial charge is 0.296 e. The quantitative estimate of drug-likeness (QED) is 0.141. The van der Waals surface area contributed by atoms with E-state index in [2.05, 4.69) is 20.0 Å². The molecule has 0 aliphatic rings. The molecule has 0 spiro atoms. The van der Waals surface area contributed by atoms with Crippen LogP contribution in [0, 0.1) is 6.92 Å². The standard InChI is InChI=1S/C24H44O3SSi/c1-5-6-7-8-9-10-11-14-21-29(3,4)22-15-12-13-20-27-28(25,26)24-18-16-23(2)17-19-24/h16-19H,5-15,20-22H2,1-4H3. The maximum atomic E-state index is 12.2. The van der Waals surface area contributed by atoms with Crippen LogP contribution >= 0.6 is 0 Å². The van der Waals surface area contributed by atoms with Crippen molar-refractivity contribution in [3.63, 3.8) is 0 Å². The third-order valence-electron chi connectivity index (χ3n) is 5.75. The smallest absolute Gasteiger partial charge is 0.266 e. The van der Waals surface area contributed by atoms with E-state index in [-0.39, 0.29) is 11.5 Å². The van der Waals surface area contributed by atoms with Gasteiger partial charge in [0.1, 0.15) is 0 Å². The summed E-state index contributed by atoms with van der Waals surface area (Å²) in [5.41, 5.74) is 1.04. The van der Waals surface area contributed by atoms with Gasteiger partial charge in [-0.3, -0.25) is 4.18 Å². The zero-order valence-electron chi connectivity index (χ0n) is 19.3. The van der Waals surface area contributed by atoms with Gasteiger partial charge in [0.05, 0.1) is 11.5 Å². The SMILES string of the molecule is CCCCCCCCCC[Si](C)(C)CCCCCOS(=O)(=O)c1ccc(C)cc1. The second-order valence-electron chi connectivity index (χ2n) is 9.29. The maximum absolute atomic E-state index is 12.2. The Kier molecular flexibility index (Phi) is 13.1. The van der Waals surface area contributed by atoms with E-state index in [1.807, 2.05) is 6.92 Å². The predicted molar refractivity (Wildman–Crippen MR) is 128 cm³/mol. The van der Waals surface area contributed by atoms with Crippen LogP contribution in [0.3, 0.4) is 0 Å². The number of hydrogen-bond acceptors (Lipinski definition) is 3. The monoisotopic (exact) mass is 440 g/mol. The van der Waals surface area contributed by atoms with Gasteiger partial charge in [0, 0.05) is 8.07 Å². The summed E-state index contributed by atoms with van der Waals surface area (Å²) >= 11 is 0. The Morgan fingerprint density at radius 3 is 1.79 bits per heavy atom. The highest BCUT2D eigenvalue weighted by Gasteiger charge is 2.19. The Morgan fingerprint density at radius 1 is 0.759 bits per heavy atom. The molecule has 1 rings (SSSR count). The van der Waals surface area contributed by atoms with Crippen molar-refractivity contribution in [3.8, 4) is 0 Å². The molecule has 3 nitrogen and oxygen atoms in total. The number of benzene rings is 1. The molecule has 0 saturated carbocycles. The first kappa shape index (κ1) is 26.4. The second kappa shape index (κ2) is 14.4. The van der Waals surface area contributed by atoms with Crippen LogP contribution in [0.4, 0.5) is 0 Å². The minimum absolute atomic E-state index is 0.252. The van der Waals surface area contributed by atoms with Gasteiger partial charge < -0.3 is 0 Å². The van der Waals surface area contributed by atoms with E-state index in [0.29, 0.717) is 0 Å². The summed E-state index contributed by atoms with van der Waals surface area (Å²) in [6, 6.07) is 9.60. The van der Waals surface area contributed by atoms with E-state index >= 15 is 0 Å². The van der Waals surface area contributed by atoms with E-state index in [1.54, 1.807) is 24.3 Å². The number of hydrogen-bond donors (Lipinski definition) is 0. The molecule has 0 fully saturated rings. The van der Waals surface area contributed by atoms with Crippen LogP contribution in [0.25, 0.3) is 0 Å². The van der Waals surface area contributed by atoms with Crippen LogP contribution in [0.1, 0.15) is 83.1 Å². The Labute approximate surface area is 181 Å². The zero-order valence-corrected chi connectivity index (χ0v) is 21.2. The van der Waals surface area contributed by atoms with Gasteiger partial charge in [-0.2, -0.15) is 8.42 Å². The Bertz CT molecular complexity index is 639. The van der Waals surface area contributed by atoms with Gasteiger partial charge in [0.25, 0.3) is 10.1 Å². The maximum Gasteiger partial charge on any atom is 0.296 e. The average molecular weight is 441 g/mol. The Morgan fingerprint density at radius 2 is 1.24 bits per heavy atom. The lowest BCUT2D eigenvalue weighted by Gasteiger charge is -2.22. The molecular weight excluding hydrogens is 396 g/mol. The molecule has 0 aromatic heterocycles. The molecule has 0 bridgehead atoms. The normalized spacial score (nSPS) is 12.4. The summed E-state index contributed by atoms with van der Waals surface area (Å²) < 4.78 is 29.5. The number of unbranched alkanes of at least 4 members (excludes halogenated alkanes) is 9. The summed E-state index contributed by atoms with van der Waals surface area (Å²) in [5, 5.41) is 0. The van der Waals surface area contributed by atoms with E-state index < -0.39 is 18.2 Å². The lowest BCUT2D eigenvalue weighted by atomic mass is 10.1. The lowest BCUT2D eigenvalue weighted by molar-refractivity contribution is 0.308. The second-order valence-corrected chi connectivity index (χ2v) is 16.2. The molecule has 0 N–H and O–H groups in total. The summed E-state index contributed by atoms with van der Waals surface area (Å²) in [7, 11) is -4.71. The van der Waals surface area contributed by atoms with Crippen molar-refractivity contribution in [3.05, 3.63) is 29.8 Å². The lowest BCUT2D eigenvalue weighted by Crippen LogP contribution is -2.24. The van der Waals surface area contributed by atoms with Gasteiger partial charge in [-0.25, -0.2) is 0 Å². The minimum Gasteiger partial charge on any atom is -0.266 e. The van der Waals surface area contributed by atoms with Crippen molar-refractivity contribution < 1.29 is 12.6 Å². The molecular formula is C24H44O3SSi. The van der Waals surface area contributed by atoms with Gasteiger partial charge in [0.15, 0.2) is 0 Å². The molecule has 168 valence electrons. The van der Waals surface area contributed by atoms with Gasteiger partial charge in [0.2, 0.25) is 0 Å². The molecule has 29 heavy (non-hydrogen) atoms. The number of aryl methyl sites for hydroxylation is 1. The first-order valence-electron chi connectivity index (χ1n) is 11.7. The van der Waals surface area contributed by atoms with E-state index in [4.69, 9.17) is 4.18 Å². The van der Waals surface area contributed by atoms with Crippen molar-refractivity contribution >= 4 is 18.2 Å². The van der Waals surface area contributed by atoms with Crippen LogP contribution in [-0.4, -0.2) is 23.1 Å². The highest BCUT2D eigenvalue weighted by atomic mass is 32.2. The van der Waals surface area contributed by atoms with Gasteiger partial charge in [-0.1, -0.05) is 114 Å². The molecule has 0 aliphatic carbocycles. The summed E-state index contributed by atoms with van der Waals surface area (Å²) in [6.07, 6.45) is 14.2. The summed E-state index contributed by atoms with van der Waals surface area (Å²) in [5.74, 6) is 0. The third-order valence-corrected chi connectivity index (χ3v) is 10.5. The molecule has 0 radical (unpaired) electrons. The van der Waals surface area contributed by atoms with Crippen LogP contribution < -0.4 is 0 Å². The van der Waals surface area contributed by atoms with E-state index in [9.17, 15) is 8.42 Å². The molecule has 0 amide bonds.